The third kappa shape index (κ3) is 2.99. The van der Waals surface area contributed by atoms with Crippen LogP contribution in [0.2, 0.25) is 0 Å². The molecule has 1 aromatic carbocycles. The first-order valence-electron chi connectivity index (χ1n) is 8.10. The topological polar surface area (TPSA) is 78.7 Å². The first-order chi connectivity index (χ1) is 11.5. The van der Waals surface area contributed by atoms with E-state index in [-0.39, 0.29) is 17.2 Å². The second kappa shape index (κ2) is 6.60. The number of carbonyl (C=O) groups excluding carboxylic acids is 2. The Hall–Kier alpha value is -2.41. The summed E-state index contributed by atoms with van der Waals surface area (Å²) in [5.41, 5.74) is 1.45. The maximum atomic E-state index is 12.4. The molecule has 1 amide bonds. The number of rotatable bonds is 4. The van der Waals surface area contributed by atoms with Gasteiger partial charge in [-0.3, -0.25) is 9.59 Å². The monoisotopic (exact) mass is 330 g/mol. The van der Waals surface area contributed by atoms with Crippen LogP contribution in [0.25, 0.3) is 11.0 Å². The molecule has 0 radical (unpaired) electrons. The van der Waals surface area contributed by atoms with Gasteiger partial charge in [-0.1, -0.05) is 0 Å². The van der Waals surface area contributed by atoms with Crippen LogP contribution in [0.4, 0.5) is 0 Å². The first-order valence-corrected chi connectivity index (χ1v) is 8.10. The lowest BCUT2D eigenvalue weighted by atomic mass is 10.2. The predicted octanol–water partition coefficient (Wildman–Crippen LogP) is 0.798. The summed E-state index contributed by atoms with van der Waals surface area (Å²) in [5.74, 6) is 0.797. The minimum Gasteiger partial charge on any atom is -0.507 e. The fraction of sp³-hybridized carbons (Fsp3) is 0.471. The van der Waals surface area contributed by atoms with Gasteiger partial charge in [0.2, 0.25) is 5.91 Å². The molecule has 7 heteroatoms. The Morgan fingerprint density at radius 1 is 1.25 bits per heavy atom. The smallest absolute Gasteiger partial charge is 0.223 e. The van der Waals surface area contributed by atoms with E-state index in [1.807, 2.05) is 16.5 Å². The van der Waals surface area contributed by atoms with Crippen molar-refractivity contribution < 1.29 is 14.7 Å². The van der Waals surface area contributed by atoms with Crippen LogP contribution in [0, 0.1) is 0 Å². The van der Waals surface area contributed by atoms with Gasteiger partial charge in [0.25, 0.3) is 0 Å². The standard InChI is InChI=1S/C17H22N4O3/c1-19-7-9-21(10-8-19)16(24)6-5-15-18-17-12(11-22)14(23)4-3-13(17)20(15)2/h3-4,11,23H,5-10H2,1-2H3. The number of aromatic nitrogens is 2. The van der Waals surface area contributed by atoms with Gasteiger partial charge >= 0.3 is 0 Å². The van der Waals surface area contributed by atoms with Gasteiger partial charge in [0.15, 0.2) is 6.29 Å². The molecule has 1 aliphatic heterocycles. The molecular formula is C17H22N4O3. The van der Waals surface area contributed by atoms with Crippen LogP contribution in [0.3, 0.4) is 0 Å². The van der Waals surface area contributed by atoms with Crippen molar-refractivity contribution in [2.24, 2.45) is 7.05 Å². The van der Waals surface area contributed by atoms with Crippen molar-refractivity contribution in [3.63, 3.8) is 0 Å². The third-order valence-corrected chi connectivity index (χ3v) is 4.70. The second-order valence-corrected chi connectivity index (χ2v) is 6.26. The number of hydrogen-bond donors (Lipinski definition) is 1. The van der Waals surface area contributed by atoms with E-state index in [9.17, 15) is 14.7 Å². The zero-order chi connectivity index (χ0) is 17.3. The minimum absolute atomic E-state index is 0.0735. The number of imidazole rings is 1. The number of carbonyl (C=O) groups is 2. The highest BCUT2D eigenvalue weighted by Gasteiger charge is 2.20. The van der Waals surface area contributed by atoms with Gasteiger partial charge in [-0.25, -0.2) is 4.98 Å². The molecule has 7 nitrogen and oxygen atoms in total. The maximum absolute atomic E-state index is 12.4. The number of phenolic OH excluding ortho intramolecular Hbond substituents is 1. The number of likely N-dealkylation sites (N-methyl/N-ethyl adjacent to an activating group) is 1. The first kappa shape index (κ1) is 16.4. The van der Waals surface area contributed by atoms with Gasteiger partial charge in [0.05, 0.1) is 11.1 Å². The van der Waals surface area contributed by atoms with Gasteiger partial charge in [-0.15, -0.1) is 0 Å². The van der Waals surface area contributed by atoms with Crippen molar-refractivity contribution in [1.29, 1.82) is 0 Å². The summed E-state index contributed by atoms with van der Waals surface area (Å²) in [6, 6.07) is 3.23. The molecule has 128 valence electrons. The number of aryl methyl sites for hydroxylation is 2. The normalized spacial score (nSPS) is 15.8. The van der Waals surface area contributed by atoms with E-state index in [1.54, 1.807) is 6.07 Å². The number of amides is 1. The van der Waals surface area contributed by atoms with Gasteiger partial charge in [0.1, 0.15) is 17.1 Å². The highest BCUT2D eigenvalue weighted by atomic mass is 16.3. The van der Waals surface area contributed by atoms with Gasteiger partial charge < -0.3 is 19.5 Å². The maximum Gasteiger partial charge on any atom is 0.223 e. The molecule has 1 aromatic heterocycles. The summed E-state index contributed by atoms with van der Waals surface area (Å²) in [5, 5.41) is 9.77. The minimum atomic E-state index is -0.0735. The van der Waals surface area contributed by atoms with Crippen LogP contribution in [0.5, 0.6) is 5.75 Å². The fourth-order valence-electron chi connectivity index (χ4n) is 3.09. The van der Waals surface area contributed by atoms with Crippen LogP contribution in [-0.4, -0.2) is 69.9 Å². The van der Waals surface area contributed by atoms with E-state index >= 15 is 0 Å². The van der Waals surface area contributed by atoms with E-state index in [4.69, 9.17) is 0 Å². The van der Waals surface area contributed by atoms with E-state index in [2.05, 4.69) is 16.9 Å². The van der Waals surface area contributed by atoms with Gasteiger partial charge in [0, 0.05) is 46.1 Å². The van der Waals surface area contributed by atoms with Crippen molar-refractivity contribution in [2.75, 3.05) is 33.2 Å². The Balaban J connectivity index is 1.75. The third-order valence-electron chi connectivity index (χ3n) is 4.70. The predicted molar refractivity (Wildman–Crippen MR) is 90.2 cm³/mol. The lowest BCUT2D eigenvalue weighted by molar-refractivity contribution is -0.132. The molecule has 2 heterocycles. The number of hydrogen-bond acceptors (Lipinski definition) is 5. The molecule has 3 rings (SSSR count). The van der Waals surface area contributed by atoms with Crippen molar-refractivity contribution in [1.82, 2.24) is 19.4 Å². The molecule has 0 atom stereocenters. The molecule has 0 aliphatic carbocycles. The van der Waals surface area contributed by atoms with Gasteiger partial charge in [-0.2, -0.15) is 0 Å². The SMILES string of the molecule is CN1CCN(C(=O)CCc2nc3c(C=O)c(O)ccc3n2C)CC1. The summed E-state index contributed by atoms with van der Waals surface area (Å²) >= 11 is 0. The second-order valence-electron chi connectivity index (χ2n) is 6.26. The number of nitrogens with zero attached hydrogens (tertiary/aromatic N) is 4. The van der Waals surface area contributed by atoms with Crippen LogP contribution >= 0.6 is 0 Å². The molecular weight excluding hydrogens is 308 g/mol. The molecule has 24 heavy (non-hydrogen) atoms. The largest absolute Gasteiger partial charge is 0.507 e. The summed E-state index contributed by atoms with van der Waals surface area (Å²) < 4.78 is 1.87. The fourth-order valence-corrected chi connectivity index (χ4v) is 3.09. The van der Waals surface area contributed by atoms with Crippen LogP contribution in [0.1, 0.15) is 22.6 Å². The number of benzene rings is 1. The highest BCUT2D eigenvalue weighted by molar-refractivity contribution is 5.97. The molecule has 1 aliphatic rings. The zero-order valence-electron chi connectivity index (χ0n) is 14.0. The van der Waals surface area contributed by atoms with E-state index in [0.29, 0.717) is 24.6 Å². The molecule has 0 spiro atoms. The molecule has 0 bridgehead atoms. The zero-order valence-corrected chi connectivity index (χ0v) is 14.0. The Labute approximate surface area is 140 Å². The van der Waals surface area contributed by atoms with Crippen LogP contribution in [-0.2, 0) is 18.3 Å². The molecule has 1 fully saturated rings. The van der Waals surface area contributed by atoms with E-state index in [1.165, 1.54) is 6.07 Å². The van der Waals surface area contributed by atoms with E-state index < -0.39 is 0 Å². The van der Waals surface area contributed by atoms with Crippen molar-refractivity contribution in [2.45, 2.75) is 12.8 Å². The number of piperazine rings is 1. The van der Waals surface area contributed by atoms with Gasteiger partial charge in [-0.05, 0) is 19.2 Å². The Morgan fingerprint density at radius 2 is 1.96 bits per heavy atom. The number of phenols is 1. The lowest BCUT2D eigenvalue weighted by Crippen LogP contribution is -2.47. The Kier molecular flexibility index (Phi) is 4.53. The summed E-state index contributed by atoms with van der Waals surface area (Å²) in [6.07, 6.45) is 1.52. The molecule has 1 N–H and O–H groups in total. The Morgan fingerprint density at radius 3 is 2.62 bits per heavy atom. The van der Waals surface area contributed by atoms with Crippen molar-refractivity contribution in [3.8, 4) is 5.75 Å². The summed E-state index contributed by atoms with van der Waals surface area (Å²) in [4.78, 5) is 32.1. The average molecular weight is 330 g/mol. The van der Waals surface area contributed by atoms with E-state index in [0.717, 1.165) is 37.5 Å². The van der Waals surface area contributed by atoms with Crippen molar-refractivity contribution >= 4 is 23.2 Å². The quantitative estimate of drug-likeness (QED) is 0.839. The molecule has 2 aromatic rings. The summed E-state index contributed by atoms with van der Waals surface area (Å²) in [6.45, 7) is 3.34. The lowest BCUT2D eigenvalue weighted by Gasteiger charge is -2.32. The highest BCUT2D eigenvalue weighted by Crippen LogP contribution is 2.26. The number of aldehydes is 1. The number of fused-ring (bicyclic) bond motifs is 1. The summed E-state index contributed by atoms with van der Waals surface area (Å²) in [7, 11) is 3.91. The molecule has 0 saturated carbocycles. The van der Waals surface area contributed by atoms with Crippen LogP contribution < -0.4 is 0 Å². The Bertz CT molecular complexity index is 776. The van der Waals surface area contributed by atoms with Crippen LogP contribution in [0.15, 0.2) is 12.1 Å². The molecule has 0 unspecified atom stereocenters. The molecule has 1 saturated heterocycles. The number of aromatic hydroxyl groups is 1. The average Bonchev–Trinajstić information content (AvgIpc) is 2.89. The van der Waals surface area contributed by atoms with Crippen molar-refractivity contribution in [3.05, 3.63) is 23.5 Å².